The van der Waals surface area contributed by atoms with E-state index in [1.807, 2.05) is 0 Å². The Morgan fingerprint density at radius 1 is 1.25 bits per heavy atom. The van der Waals surface area contributed by atoms with E-state index in [1.54, 1.807) is 37.3 Å². The van der Waals surface area contributed by atoms with Crippen LogP contribution in [0.2, 0.25) is 0 Å². The number of hydrogen-bond acceptors (Lipinski definition) is 6. The first-order valence-corrected chi connectivity index (χ1v) is 13.3. The van der Waals surface area contributed by atoms with Gasteiger partial charge in [0.1, 0.15) is 5.75 Å². The van der Waals surface area contributed by atoms with Crippen LogP contribution in [0.5, 0.6) is 5.75 Å². The smallest absolute Gasteiger partial charge is 0.261 e. The second-order valence-electron chi connectivity index (χ2n) is 7.61. The summed E-state index contributed by atoms with van der Waals surface area (Å²) in [5.74, 6) is 0.0823. The minimum Gasteiger partial charge on any atom is -0.497 e. The summed E-state index contributed by atoms with van der Waals surface area (Å²) < 4.78 is 57.2. The molecule has 1 aliphatic heterocycles. The number of rotatable bonds is 8. The van der Waals surface area contributed by atoms with Crippen molar-refractivity contribution in [3.8, 4) is 5.75 Å². The summed E-state index contributed by atoms with van der Waals surface area (Å²) in [7, 11) is -5.64. The van der Waals surface area contributed by atoms with Crippen LogP contribution >= 0.6 is 0 Å². The molecule has 10 heteroatoms. The number of amides is 1. The predicted molar refractivity (Wildman–Crippen MR) is 123 cm³/mol. The summed E-state index contributed by atoms with van der Waals surface area (Å²) in [6.07, 6.45) is 1.88. The molecule has 2 aromatic carbocycles. The van der Waals surface area contributed by atoms with Crippen molar-refractivity contribution in [3.63, 3.8) is 0 Å². The van der Waals surface area contributed by atoms with Crippen LogP contribution in [0, 0.1) is 6.92 Å². The standard InChI is InChI=1S/C22H26N2O6S2/c1-4-12-24(18-11-13-31(26,27)15-18)22(25)21-14-20(10-5-16(21)2)32(28,29)23-17-6-8-19(30-3)9-7-17/h4-10,14,18,23H,1,11-13,15H2,2-3H3. The van der Waals surface area contributed by atoms with Gasteiger partial charge in [0, 0.05) is 23.8 Å². The molecule has 1 amide bonds. The zero-order valence-electron chi connectivity index (χ0n) is 17.9. The molecule has 1 fully saturated rings. The highest BCUT2D eigenvalue weighted by molar-refractivity contribution is 7.92. The van der Waals surface area contributed by atoms with Gasteiger partial charge in [-0.1, -0.05) is 12.1 Å². The lowest BCUT2D eigenvalue weighted by Gasteiger charge is -2.28. The van der Waals surface area contributed by atoms with Gasteiger partial charge in [-0.05, 0) is 55.3 Å². The maximum absolute atomic E-state index is 13.3. The van der Waals surface area contributed by atoms with Gasteiger partial charge in [-0.2, -0.15) is 0 Å². The number of carbonyl (C=O) groups excluding carboxylic acids is 1. The molecule has 1 atom stereocenters. The van der Waals surface area contributed by atoms with Crippen LogP contribution < -0.4 is 9.46 Å². The third-order valence-corrected chi connectivity index (χ3v) is 8.46. The number of ether oxygens (including phenoxy) is 1. The summed E-state index contributed by atoms with van der Waals surface area (Å²) in [6.45, 7) is 5.54. The summed E-state index contributed by atoms with van der Waals surface area (Å²) in [5.41, 5.74) is 1.14. The van der Waals surface area contributed by atoms with Gasteiger partial charge < -0.3 is 9.64 Å². The molecule has 172 valence electrons. The quantitative estimate of drug-likeness (QED) is 0.584. The fourth-order valence-corrected chi connectivity index (χ4v) is 6.40. The fourth-order valence-electron chi connectivity index (χ4n) is 3.58. The van der Waals surface area contributed by atoms with Crippen molar-refractivity contribution in [2.45, 2.75) is 24.3 Å². The van der Waals surface area contributed by atoms with Crippen LogP contribution in [0.1, 0.15) is 22.3 Å². The topological polar surface area (TPSA) is 110 Å². The van der Waals surface area contributed by atoms with Crippen LogP contribution in [-0.4, -0.2) is 58.8 Å². The van der Waals surface area contributed by atoms with Gasteiger partial charge in [0.05, 0.1) is 23.5 Å². The lowest BCUT2D eigenvalue weighted by molar-refractivity contribution is 0.0719. The Bertz CT molecular complexity index is 1220. The number of sulfonamides is 1. The number of carbonyl (C=O) groups is 1. The van der Waals surface area contributed by atoms with E-state index in [0.29, 0.717) is 23.4 Å². The third kappa shape index (κ3) is 5.31. The minimum absolute atomic E-state index is 0.0256. The van der Waals surface area contributed by atoms with Gasteiger partial charge in [-0.25, -0.2) is 16.8 Å². The van der Waals surface area contributed by atoms with Gasteiger partial charge in [0.25, 0.3) is 15.9 Å². The number of nitrogens with zero attached hydrogens (tertiary/aromatic N) is 1. The molecule has 0 spiro atoms. The maximum Gasteiger partial charge on any atom is 0.261 e. The highest BCUT2D eigenvalue weighted by Gasteiger charge is 2.35. The van der Waals surface area contributed by atoms with Crippen molar-refractivity contribution >= 4 is 31.5 Å². The fraction of sp³-hybridized carbons (Fsp3) is 0.318. The van der Waals surface area contributed by atoms with E-state index in [4.69, 9.17) is 4.74 Å². The highest BCUT2D eigenvalue weighted by Crippen LogP contribution is 2.25. The second kappa shape index (κ2) is 9.33. The van der Waals surface area contributed by atoms with Crippen LogP contribution in [0.25, 0.3) is 0 Å². The molecule has 1 heterocycles. The molecule has 0 aromatic heterocycles. The van der Waals surface area contributed by atoms with E-state index >= 15 is 0 Å². The van der Waals surface area contributed by atoms with Gasteiger partial charge in [0.15, 0.2) is 9.84 Å². The van der Waals surface area contributed by atoms with Crippen molar-refractivity contribution in [2.24, 2.45) is 0 Å². The molecule has 8 nitrogen and oxygen atoms in total. The molecule has 0 aliphatic carbocycles. The van der Waals surface area contributed by atoms with Gasteiger partial charge in [0.2, 0.25) is 0 Å². The maximum atomic E-state index is 13.3. The largest absolute Gasteiger partial charge is 0.497 e. The second-order valence-corrected chi connectivity index (χ2v) is 11.5. The van der Waals surface area contributed by atoms with Crippen molar-refractivity contribution in [1.29, 1.82) is 0 Å². The molecule has 1 unspecified atom stereocenters. The Balaban J connectivity index is 1.90. The number of benzene rings is 2. The molecular weight excluding hydrogens is 452 g/mol. The minimum atomic E-state index is -3.96. The van der Waals surface area contributed by atoms with E-state index in [1.165, 1.54) is 30.2 Å². The summed E-state index contributed by atoms with van der Waals surface area (Å²) in [4.78, 5) is 14.7. The van der Waals surface area contributed by atoms with E-state index in [0.717, 1.165) is 0 Å². The van der Waals surface area contributed by atoms with Crippen molar-refractivity contribution in [3.05, 3.63) is 66.2 Å². The lowest BCUT2D eigenvalue weighted by atomic mass is 10.1. The normalized spacial score (nSPS) is 17.5. The summed E-state index contributed by atoms with van der Waals surface area (Å²) in [5, 5.41) is 0. The molecule has 1 saturated heterocycles. The number of sulfone groups is 1. The molecule has 3 rings (SSSR count). The first kappa shape index (κ1) is 23.8. The lowest BCUT2D eigenvalue weighted by Crippen LogP contribution is -2.41. The van der Waals surface area contributed by atoms with E-state index < -0.39 is 31.8 Å². The number of anilines is 1. The Kier molecular flexibility index (Phi) is 6.94. The molecule has 2 aromatic rings. The Hall–Kier alpha value is -2.85. The molecule has 32 heavy (non-hydrogen) atoms. The Morgan fingerprint density at radius 2 is 1.94 bits per heavy atom. The van der Waals surface area contributed by atoms with Crippen molar-refractivity contribution in [2.75, 3.05) is 29.9 Å². The molecule has 0 bridgehead atoms. The van der Waals surface area contributed by atoms with Gasteiger partial charge in [-0.3, -0.25) is 9.52 Å². The molecule has 1 aliphatic rings. The zero-order chi connectivity index (χ0) is 23.5. The third-order valence-electron chi connectivity index (χ3n) is 5.33. The van der Waals surface area contributed by atoms with Gasteiger partial charge >= 0.3 is 0 Å². The van der Waals surface area contributed by atoms with Crippen LogP contribution in [0.3, 0.4) is 0 Å². The zero-order valence-corrected chi connectivity index (χ0v) is 19.6. The van der Waals surface area contributed by atoms with Gasteiger partial charge in [-0.15, -0.1) is 6.58 Å². The summed E-state index contributed by atoms with van der Waals surface area (Å²) in [6, 6.07) is 10.2. The average Bonchev–Trinajstić information content (AvgIpc) is 3.11. The number of nitrogens with one attached hydrogen (secondary N) is 1. The SMILES string of the molecule is C=CCN(C(=O)c1cc(S(=O)(=O)Nc2ccc(OC)cc2)ccc1C)C1CCS(=O)(=O)C1. The molecular formula is C22H26N2O6S2. The van der Waals surface area contributed by atoms with Crippen LogP contribution in [0.15, 0.2) is 60.0 Å². The van der Waals surface area contributed by atoms with Crippen LogP contribution in [-0.2, 0) is 19.9 Å². The Labute approximate surface area is 188 Å². The van der Waals surface area contributed by atoms with E-state index in [2.05, 4.69) is 11.3 Å². The predicted octanol–water partition coefficient (Wildman–Crippen LogP) is 2.62. The summed E-state index contributed by atoms with van der Waals surface area (Å²) >= 11 is 0. The highest BCUT2D eigenvalue weighted by atomic mass is 32.2. The van der Waals surface area contributed by atoms with Crippen molar-refractivity contribution < 1.29 is 26.4 Å². The first-order valence-electron chi connectivity index (χ1n) is 9.96. The monoisotopic (exact) mass is 478 g/mol. The molecule has 1 N–H and O–H groups in total. The van der Waals surface area contributed by atoms with E-state index in [-0.39, 0.29) is 28.5 Å². The molecule has 0 saturated carbocycles. The number of hydrogen-bond donors (Lipinski definition) is 1. The molecule has 0 radical (unpaired) electrons. The number of aryl methyl sites for hydroxylation is 1. The van der Waals surface area contributed by atoms with Crippen LogP contribution in [0.4, 0.5) is 5.69 Å². The average molecular weight is 479 g/mol. The van der Waals surface area contributed by atoms with E-state index in [9.17, 15) is 21.6 Å². The Morgan fingerprint density at radius 3 is 2.50 bits per heavy atom. The number of methoxy groups -OCH3 is 1. The first-order chi connectivity index (χ1) is 15.1. The van der Waals surface area contributed by atoms with Crippen molar-refractivity contribution in [1.82, 2.24) is 4.90 Å².